The summed E-state index contributed by atoms with van der Waals surface area (Å²) in [7, 11) is 0. The Morgan fingerprint density at radius 1 is 1.13 bits per heavy atom. The number of rotatable bonds is 4. The molecular formula is C18H15ClN2O2. The Morgan fingerprint density at radius 2 is 1.91 bits per heavy atom. The van der Waals surface area contributed by atoms with Crippen molar-refractivity contribution < 1.29 is 9.32 Å². The predicted octanol–water partition coefficient (Wildman–Crippen LogP) is 4.49. The Hall–Kier alpha value is -2.59. The Labute approximate surface area is 139 Å². The van der Waals surface area contributed by atoms with E-state index in [1.807, 2.05) is 49.4 Å². The van der Waals surface area contributed by atoms with Crippen LogP contribution in [0.25, 0.3) is 11.3 Å². The summed E-state index contributed by atoms with van der Waals surface area (Å²) in [6.07, 6.45) is 0. The second-order valence-corrected chi connectivity index (χ2v) is 5.63. The van der Waals surface area contributed by atoms with Crippen LogP contribution in [0.3, 0.4) is 0 Å². The lowest BCUT2D eigenvalue weighted by Gasteiger charge is -2.12. The zero-order valence-electron chi connectivity index (χ0n) is 12.5. The van der Waals surface area contributed by atoms with E-state index < -0.39 is 0 Å². The summed E-state index contributed by atoms with van der Waals surface area (Å²) >= 11 is 5.96. The molecule has 3 aromatic rings. The van der Waals surface area contributed by atoms with E-state index in [2.05, 4.69) is 10.5 Å². The van der Waals surface area contributed by atoms with Gasteiger partial charge in [0, 0.05) is 16.7 Å². The van der Waals surface area contributed by atoms with Crippen molar-refractivity contribution in [3.05, 3.63) is 76.9 Å². The van der Waals surface area contributed by atoms with Crippen molar-refractivity contribution >= 4 is 17.5 Å². The lowest BCUT2D eigenvalue weighted by Crippen LogP contribution is -2.26. The van der Waals surface area contributed by atoms with Crippen LogP contribution in [0.2, 0.25) is 5.02 Å². The Morgan fingerprint density at radius 3 is 2.65 bits per heavy atom. The fraction of sp³-hybridized carbons (Fsp3) is 0.111. The maximum absolute atomic E-state index is 12.3. The molecule has 0 radical (unpaired) electrons. The van der Waals surface area contributed by atoms with Crippen LogP contribution in [-0.4, -0.2) is 11.1 Å². The van der Waals surface area contributed by atoms with Gasteiger partial charge in [0.2, 0.25) is 0 Å². The largest absolute Gasteiger partial charge is 0.355 e. The molecule has 0 saturated carbocycles. The van der Waals surface area contributed by atoms with Crippen molar-refractivity contribution in [3.8, 4) is 11.3 Å². The third-order valence-electron chi connectivity index (χ3n) is 3.50. The molecule has 1 unspecified atom stereocenters. The van der Waals surface area contributed by atoms with Crippen molar-refractivity contribution in [2.75, 3.05) is 0 Å². The first-order valence-corrected chi connectivity index (χ1v) is 7.60. The summed E-state index contributed by atoms with van der Waals surface area (Å²) < 4.78 is 5.24. The summed E-state index contributed by atoms with van der Waals surface area (Å²) in [5, 5.41) is 7.34. The number of nitrogens with one attached hydrogen (secondary N) is 1. The topological polar surface area (TPSA) is 55.1 Å². The van der Waals surface area contributed by atoms with E-state index in [4.69, 9.17) is 16.1 Å². The highest BCUT2D eigenvalue weighted by molar-refractivity contribution is 6.30. The number of nitrogens with zero attached hydrogens (tertiary/aromatic N) is 1. The molecule has 1 aromatic heterocycles. The molecule has 0 aliphatic carbocycles. The first-order valence-electron chi connectivity index (χ1n) is 7.22. The first kappa shape index (κ1) is 15.3. The highest BCUT2D eigenvalue weighted by Crippen LogP contribution is 2.23. The number of carbonyl (C=O) groups excluding carboxylic acids is 1. The standard InChI is InChI=1S/C18H15ClN2O2/c1-12(13-6-3-2-4-7-13)20-18(22)16-11-17(23-21-16)14-8-5-9-15(19)10-14/h2-12H,1H3,(H,20,22). The van der Waals surface area contributed by atoms with E-state index in [9.17, 15) is 4.79 Å². The van der Waals surface area contributed by atoms with Gasteiger partial charge in [0.1, 0.15) is 0 Å². The number of hydrogen-bond acceptors (Lipinski definition) is 3. The van der Waals surface area contributed by atoms with Gasteiger partial charge in [-0.05, 0) is 24.6 Å². The summed E-state index contributed by atoms with van der Waals surface area (Å²) in [5.41, 5.74) is 2.04. The van der Waals surface area contributed by atoms with Crippen LogP contribution in [0, 0.1) is 0 Å². The number of hydrogen-bond donors (Lipinski definition) is 1. The van der Waals surface area contributed by atoms with Gasteiger partial charge < -0.3 is 9.84 Å². The van der Waals surface area contributed by atoms with Crippen LogP contribution < -0.4 is 5.32 Å². The Kier molecular flexibility index (Phi) is 4.44. The minimum atomic E-state index is -0.279. The zero-order valence-corrected chi connectivity index (χ0v) is 13.2. The molecule has 1 heterocycles. The van der Waals surface area contributed by atoms with Crippen molar-refractivity contribution in [2.45, 2.75) is 13.0 Å². The first-order chi connectivity index (χ1) is 11.1. The zero-order chi connectivity index (χ0) is 16.2. The number of halogens is 1. The highest BCUT2D eigenvalue weighted by Gasteiger charge is 2.16. The summed E-state index contributed by atoms with van der Waals surface area (Å²) in [6.45, 7) is 1.92. The molecule has 0 aliphatic heterocycles. The average Bonchev–Trinajstić information content (AvgIpc) is 3.06. The van der Waals surface area contributed by atoms with Gasteiger partial charge in [0.25, 0.3) is 5.91 Å². The third kappa shape index (κ3) is 3.60. The highest BCUT2D eigenvalue weighted by atomic mass is 35.5. The molecule has 0 bridgehead atoms. The van der Waals surface area contributed by atoms with Gasteiger partial charge in [0.05, 0.1) is 6.04 Å². The van der Waals surface area contributed by atoms with E-state index >= 15 is 0 Å². The number of aromatic nitrogens is 1. The van der Waals surface area contributed by atoms with Crippen LogP contribution in [-0.2, 0) is 0 Å². The van der Waals surface area contributed by atoms with Gasteiger partial charge >= 0.3 is 0 Å². The van der Waals surface area contributed by atoms with E-state index in [0.29, 0.717) is 10.8 Å². The molecule has 23 heavy (non-hydrogen) atoms. The number of amides is 1. The maximum atomic E-state index is 12.3. The monoisotopic (exact) mass is 326 g/mol. The molecular weight excluding hydrogens is 312 g/mol. The smallest absolute Gasteiger partial charge is 0.273 e. The molecule has 5 heteroatoms. The predicted molar refractivity (Wildman–Crippen MR) is 89.3 cm³/mol. The molecule has 3 rings (SSSR count). The molecule has 0 spiro atoms. The van der Waals surface area contributed by atoms with Crippen LogP contribution in [0.1, 0.15) is 29.0 Å². The molecule has 2 aromatic carbocycles. The fourth-order valence-electron chi connectivity index (χ4n) is 2.26. The lowest BCUT2D eigenvalue weighted by molar-refractivity contribution is 0.0931. The van der Waals surface area contributed by atoms with E-state index in [0.717, 1.165) is 11.1 Å². The van der Waals surface area contributed by atoms with Gasteiger partial charge in [-0.2, -0.15) is 0 Å². The normalized spacial score (nSPS) is 11.9. The average molecular weight is 327 g/mol. The number of carbonyl (C=O) groups is 1. The molecule has 1 N–H and O–H groups in total. The molecule has 1 atom stereocenters. The minimum Gasteiger partial charge on any atom is -0.355 e. The summed E-state index contributed by atoms with van der Waals surface area (Å²) in [5.74, 6) is 0.225. The molecule has 0 fully saturated rings. The van der Waals surface area contributed by atoms with Gasteiger partial charge in [0.15, 0.2) is 11.5 Å². The second kappa shape index (κ2) is 6.67. The summed E-state index contributed by atoms with van der Waals surface area (Å²) in [4.78, 5) is 12.3. The fourth-order valence-corrected chi connectivity index (χ4v) is 2.45. The van der Waals surface area contributed by atoms with Crippen LogP contribution in [0.15, 0.2) is 65.2 Å². The van der Waals surface area contributed by atoms with Crippen LogP contribution in [0.4, 0.5) is 0 Å². The third-order valence-corrected chi connectivity index (χ3v) is 3.73. The maximum Gasteiger partial charge on any atom is 0.273 e. The lowest BCUT2D eigenvalue weighted by atomic mass is 10.1. The second-order valence-electron chi connectivity index (χ2n) is 5.19. The number of benzene rings is 2. The quantitative estimate of drug-likeness (QED) is 0.768. The van der Waals surface area contributed by atoms with Gasteiger partial charge in [-0.1, -0.05) is 59.2 Å². The van der Waals surface area contributed by atoms with Crippen molar-refractivity contribution in [3.63, 3.8) is 0 Å². The molecule has 4 nitrogen and oxygen atoms in total. The molecule has 0 saturated heterocycles. The van der Waals surface area contributed by atoms with Gasteiger partial charge in [-0.3, -0.25) is 4.79 Å². The Bertz CT molecular complexity index is 815. The van der Waals surface area contributed by atoms with Crippen molar-refractivity contribution in [2.24, 2.45) is 0 Å². The van der Waals surface area contributed by atoms with Gasteiger partial charge in [-0.15, -0.1) is 0 Å². The van der Waals surface area contributed by atoms with Gasteiger partial charge in [-0.25, -0.2) is 0 Å². The molecule has 1 amide bonds. The van der Waals surface area contributed by atoms with Crippen molar-refractivity contribution in [1.29, 1.82) is 0 Å². The SMILES string of the molecule is CC(NC(=O)c1cc(-c2cccc(Cl)c2)on1)c1ccccc1. The van der Waals surface area contributed by atoms with Crippen LogP contribution >= 0.6 is 11.6 Å². The van der Waals surface area contributed by atoms with E-state index in [1.54, 1.807) is 18.2 Å². The van der Waals surface area contributed by atoms with E-state index in [1.165, 1.54) is 0 Å². The Balaban J connectivity index is 1.74. The minimum absolute atomic E-state index is 0.116. The van der Waals surface area contributed by atoms with E-state index in [-0.39, 0.29) is 17.6 Å². The molecule has 116 valence electrons. The molecule has 0 aliphatic rings. The van der Waals surface area contributed by atoms with Crippen LogP contribution in [0.5, 0.6) is 0 Å². The van der Waals surface area contributed by atoms with Crippen molar-refractivity contribution in [1.82, 2.24) is 10.5 Å². The summed E-state index contributed by atoms with van der Waals surface area (Å²) in [6, 6.07) is 18.4.